The summed E-state index contributed by atoms with van der Waals surface area (Å²) in [5, 5.41) is 9.15. The van der Waals surface area contributed by atoms with Crippen molar-refractivity contribution in [2.24, 2.45) is 0 Å². The molecule has 1 N–H and O–H groups in total. The third-order valence-electron chi connectivity index (χ3n) is 1.66. The first-order chi connectivity index (χ1) is 8.09. The Morgan fingerprint density at radius 3 is 2.41 bits per heavy atom. The van der Waals surface area contributed by atoms with Crippen LogP contribution in [0.15, 0.2) is 42.6 Å². The van der Waals surface area contributed by atoms with Gasteiger partial charge in [0.05, 0.1) is 5.52 Å². The number of para-hydroxylation sites is 1. The van der Waals surface area contributed by atoms with Crippen LogP contribution >= 0.6 is 0 Å². The predicted octanol–water partition coefficient (Wildman–Crippen LogP) is 0.797. The largest absolute Gasteiger partial charge is 0.751 e. The highest BCUT2D eigenvalue weighted by molar-refractivity contribution is 7.76. The minimum atomic E-state index is -2.79. The first-order valence-corrected chi connectivity index (χ1v) is 5.47. The van der Waals surface area contributed by atoms with Crippen molar-refractivity contribution in [3.8, 4) is 0 Å². The number of nitrogens with zero attached hydrogens (tertiary/aromatic N) is 2. The van der Waals surface area contributed by atoms with Crippen LogP contribution in [0.3, 0.4) is 0 Å². The molecule has 1 aromatic carbocycles. The lowest BCUT2D eigenvalue weighted by Gasteiger charge is -1.95. The van der Waals surface area contributed by atoms with E-state index in [0.717, 1.165) is 10.3 Å². The van der Waals surface area contributed by atoms with Crippen LogP contribution in [0.1, 0.15) is 0 Å². The van der Waals surface area contributed by atoms with Gasteiger partial charge in [-0.25, -0.2) is 14.3 Å². The average molecular weight is 254 g/mol. The number of nitrogens with one attached hydrogen (secondary N) is 1. The van der Waals surface area contributed by atoms with E-state index >= 15 is 0 Å². The van der Waals surface area contributed by atoms with Gasteiger partial charge in [0, 0.05) is 11.6 Å². The number of hydrogen-bond acceptors (Lipinski definition) is 5. The molecule has 0 aliphatic heterocycles. The maximum absolute atomic E-state index is 9.26. The average Bonchev–Trinajstić information content (AvgIpc) is 2.28. The van der Waals surface area contributed by atoms with E-state index in [1.54, 1.807) is 0 Å². The van der Waals surface area contributed by atoms with Gasteiger partial charge in [0.15, 0.2) is 5.03 Å². The fraction of sp³-hybridized carbons (Fsp3) is 0. The first kappa shape index (κ1) is 13.0. The summed E-state index contributed by atoms with van der Waals surface area (Å²) in [7, 11) is 0. The molecule has 0 radical (unpaired) electrons. The van der Waals surface area contributed by atoms with Crippen LogP contribution < -0.4 is 4.83 Å². The standard InChI is InChI=1S/C9H7N.H2N2O4S/c1-2-6-9-8(4-1)5-3-7-10-9;3-2(4)1-7(5)6/h1-7H;1H,(H,5,6)/p-1. The monoisotopic (exact) mass is 254 g/mol. The highest BCUT2D eigenvalue weighted by Gasteiger charge is 1.87. The van der Waals surface area contributed by atoms with E-state index in [-0.39, 0.29) is 0 Å². The summed E-state index contributed by atoms with van der Waals surface area (Å²) in [5.74, 6) is 0. The van der Waals surface area contributed by atoms with Gasteiger partial charge in [0.1, 0.15) is 11.3 Å². The normalized spacial score (nSPS) is 11.1. The maximum Gasteiger partial charge on any atom is 0.169 e. The van der Waals surface area contributed by atoms with E-state index in [1.165, 1.54) is 5.39 Å². The fourth-order valence-corrected chi connectivity index (χ4v) is 1.20. The molecule has 0 fully saturated rings. The van der Waals surface area contributed by atoms with Crippen LogP contribution in [0.25, 0.3) is 10.9 Å². The van der Waals surface area contributed by atoms with Gasteiger partial charge >= 0.3 is 0 Å². The van der Waals surface area contributed by atoms with Gasteiger partial charge in [-0.2, -0.15) is 0 Å². The number of nitro groups is 1. The molecule has 17 heavy (non-hydrogen) atoms. The van der Waals surface area contributed by atoms with Crippen LogP contribution in [0.2, 0.25) is 0 Å². The molecule has 1 atom stereocenters. The van der Waals surface area contributed by atoms with E-state index in [2.05, 4.69) is 17.1 Å². The summed E-state index contributed by atoms with van der Waals surface area (Å²) >= 11 is -2.79. The summed E-state index contributed by atoms with van der Waals surface area (Å²) in [5.41, 5.74) is 1.06. The number of hydrogen-bond donors (Lipinski definition) is 1. The maximum atomic E-state index is 9.26. The lowest BCUT2D eigenvalue weighted by molar-refractivity contribution is -0.518. The lowest BCUT2D eigenvalue weighted by atomic mass is 10.2. The zero-order valence-corrected chi connectivity index (χ0v) is 9.29. The van der Waals surface area contributed by atoms with Crippen molar-refractivity contribution in [2.45, 2.75) is 0 Å². The molecule has 90 valence electrons. The Kier molecular flexibility index (Phi) is 4.98. The Morgan fingerprint density at radius 1 is 1.24 bits per heavy atom. The van der Waals surface area contributed by atoms with Crippen molar-refractivity contribution in [1.29, 1.82) is 0 Å². The van der Waals surface area contributed by atoms with Gasteiger partial charge in [-0.1, -0.05) is 29.1 Å². The highest BCUT2D eigenvalue weighted by atomic mass is 32.2. The summed E-state index contributed by atoms with van der Waals surface area (Å²) in [4.78, 5) is 14.2. The molecule has 8 heteroatoms. The second kappa shape index (κ2) is 6.51. The minimum absolute atomic E-state index is 0.944. The number of rotatable bonds is 2. The van der Waals surface area contributed by atoms with Crippen LogP contribution in [0, 0.1) is 10.1 Å². The number of pyridine rings is 1. The Hall–Kier alpha value is -2.06. The molecule has 0 spiro atoms. The van der Waals surface area contributed by atoms with E-state index in [9.17, 15) is 8.76 Å². The molecule has 7 nitrogen and oxygen atoms in total. The summed E-state index contributed by atoms with van der Waals surface area (Å²) in [6.07, 6.45) is 1.81. The molecular formula is C9H8N3O4S-. The number of hydrazine groups is 1. The van der Waals surface area contributed by atoms with Gasteiger partial charge in [-0.05, 0) is 12.1 Å². The lowest BCUT2D eigenvalue weighted by Crippen LogP contribution is -2.23. The number of fused-ring (bicyclic) bond motifs is 1. The second-order valence-electron chi connectivity index (χ2n) is 2.78. The van der Waals surface area contributed by atoms with Crippen molar-refractivity contribution in [1.82, 2.24) is 9.82 Å². The van der Waals surface area contributed by atoms with Crippen molar-refractivity contribution in [3.63, 3.8) is 0 Å². The number of benzene rings is 1. The predicted molar refractivity (Wildman–Crippen MR) is 60.8 cm³/mol. The Morgan fingerprint density at radius 2 is 1.88 bits per heavy atom. The van der Waals surface area contributed by atoms with Crippen LogP contribution in [0.5, 0.6) is 0 Å². The van der Waals surface area contributed by atoms with Crippen LogP contribution in [-0.4, -0.2) is 18.8 Å². The molecule has 0 bridgehead atoms. The molecule has 1 heterocycles. The Balaban J connectivity index is 0.000000185. The highest BCUT2D eigenvalue weighted by Crippen LogP contribution is 2.07. The molecule has 2 rings (SSSR count). The fourth-order valence-electron chi connectivity index (χ4n) is 1.08. The topological polar surface area (TPSA) is 108 Å². The Labute approximate surface area is 99.0 Å². The van der Waals surface area contributed by atoms with Crippen molar-refractivity contribution in [3.05, 3.63) is 52.7 Å². The summed E-state index contributed by atoms with van der Waals surface area (Å²) in [6, 6.07) is 12.1. The van der Waals surface area contributed by atoms with E-state index < -0.39 is 16.3 Å². The smallest absolute Gasteiger partial charge is 0.169 e. The number of aromatic nitrogens is 1. The molecule has 2 aromatic rings. The summed E-state index contributed by atoms with van der Waals surface area (Å²) in [6.45, 7) is 0. The van der Waals surface area contributed by atoms with Gasteiger partial charge in [0.2, 0.25) is 0 Å². The molecule has 0 saturated carbocycles. The van der Waals surface area contributed by atoms with Gasteiger partial charge < -0.3 is 4.55 Å². The molecular weight excluding hydrogens is 246 g/mol. The molecule has 0 aliphatic rings. The third kappa shape index (κ3) is 5.00. The molecule has 1 aromatic heterocycles. The third-order valence-corrected chi connectivity index (χ3v) is 1.96. The van der Waals surface area contributed by atoms with E-state index in [4.69, 9.17) is 10.1 Å². The molecule has 1 unspecified atom stereocenters. The second-order valence-corrected chi connectivity index (χ2v) is 3.43. The van der Waals surface area contributed by atoms with E-state index in [0.29, 0.717) is 0 Å². The summed E-state index contributed by atoms with van der Waals surface area (Å²) < 4.78 is 18.5. The zero-order chi connectivity index (χ0) is 12.7. The van der Waals surface area contributed by atoms with Crippen molar-refractivity contribution < 1.29 is 13.8 Å². The van der Waals surface area contributed by atoms with Crippen LogP contribution in [0.4, 0.5) is 0 Å². The van der Waals surface area contributed by atoms with Crippen molar-refractivity contribution >= 4 is 22.2 Å². The van der Waals surface area contributed by atoms with Gasteiger partial charge in [-0.15, -0.1) is 0 Å². The van der Waals surface area contributed by atoms with Gasteiger partial charge in [-0.3, -0.25) is 4.98 Å². The van der Waals surface area contributed by atoms with Crippen LogP contribution in [-0.2, 0) is 11.3 Å². The Bertz CT molecular complexity index is 457. The molecule has 0 amide bonds. The molecule has 0 aliphatic carbocycles. The minimum Gasteiger partial charge on any atom is -0.751 e. The van der Waals surface area contributed by atoms with Crippen molar-refractivity contribution in [2.75, 3.05) is 0 Å². The quantitative estimate of drug-likeness (QED) is 0.484. The van der Waals surface area contributed by atoms with E-state index in [1.807, 2.05) is 30.5 Å². The zero-order valence-electron chi connectivity index (χ0n) is 8.48. The van der Waals surface area contributed by atoms with Gasteiger partial charge in [0.25, 0.3) is 0 Å². The molecule has 0 saturated heterocycles. The SMILES string of the molecule is O=[N+]([O-])NS(=O)[O-].c1ccc2ncccc2c1. The first-order valence-electron chi connectivity index (χ1n) is 4.39.